The number of fused-ring (bicyclic) bond motifs is 1. The van der Waals surface area contributed by atoms with Crippen LogP contribution in [-0.2, 0) is 10.8 Å². The molecule has 4 nitrogen and oxygen atoms in total. The first-order valence-electron chi connectivity index (χ1n) is 37.6. The molecule has 0 saturated carbocycles. The molecule has 452 valence electrons. The SMILES string of the molecule is CN1CC23c4c5c6c7c8c9c(c%10c%11c2c2c4c4c%12c5c5c6c6c8c8c%13c9c9c%10c%10c%11c%11c2c2c4c4c%12c%12c5c5c6c8c6c8c%13c9c9c%10c%10c%11c2c2c4c4c%12c5c6c5c8c9c%10c2c45)C73C1c1ccc(-c2ccc(-c3ccc(-c4ccc(N(c5ccccc5)c5ccccc5)cc4)cc3)c3nsnc23)cc1. The lowest BCUT2D eigenvalue weighted by atomic mass is 9.47. The Bertz CT molecular complexity index is 9630. The van der Waals surface area contributed by atoms with Crippen LogP contribution < -0.4 is 4.90 Å². The highest BCUT2D eigenvalue weighted by Gasteiger charge is 2.76. The summed E-state index contributed by atoms with van der Waals surface area (Å²) >= 11 is 1.34. The van der Waals surface area contributed by atoms with Gasteiger partial charge in [0.15, 0.2) is 0 Å². The van der Waals surface area contributed by atoms with E-state index in [1.54, 1.807) is 313 Å². The summed E-state index contributed by atoms with van der Waals surface area (Å²) in [6.45, 7) is 0.983. The van der Waals surface area contributed by atoms with Gasteiger partial charge < -0.3 is 4.90 Å². The summed E-state index contributed by atoms with van der Waals surface area (Å²) in [6, 6.07) is 54.3. The van der Waals surface area contributed by atoms with Crippen LogP contribution >= 0.6 is 11.7 Å². The maximum atomic E-state index is 5.18. The highest BCUT2D eigenvalue weighted by atomic mass is 32.1. The molecule has 2 spiro atoms. The van der Waals surface area contributed by atoms with Gasteiger partial charge in [-0.2, -0.15) is 8.75 Å². The van der Waals surface area contributed by atoms with Crippen molar-refractivity contribution in [2.24, 2.45) is 0 Å². The molecule has 5 heteroatoms. The van der Waals surface area contributed by atoms with Gasteiger partial charge >= 0.3 is 0 Å². The second-order valence-electron chi connectivity index (χ2n) is 34.7. The van der Waals surface area contributed by atoms with Gasteiger partial charge in [0.05, 0.1) is 22.6 Å². The molecule has 0 bridgehead atoms. The summed E-state index contributed by atoms with van der Waals surface area (Å²) in [4.78, 5) is 5.28. The molecule has 104 heavy (non-hydrogen) atoms. The van der Waals surface area contributed by atoms with E-state index in [1.165, 1.54) is 34.0 Å². The minimum atomic E-state index is -0.423. The highest BCUT2D eigenvalue weighted by Crippen LogP contribution is 2.87. The molecule has 1 fully saturated rings. The smallest absolute Gasteiger partial charge is 0.113 e. The molecule has 4 aliphatic carbocycles. The van der Waals surface area contributed by atoms with Crippen LogP contribution in [-0.4, -0.2) is 27.2 Å². The first kappa shape index (κ1) is 44.6. The highest BCUT2D eigenvalue weighted by molar-refractivity contribution is 7.00. The van der Waals surface area contributed by atoms with Crippen LogP contribution in [0.2, 0.25) is 0 Å². The monoisotopic (exact) mass is 1310 g/mol. The second-order valence-corrected chi connectivity index (χ2v) is 35.2. The largest absolute Gasteiger partial charge is 0.311 e. The molecule has 40 rings (SSSR count). The molecular formula is C99H30N4S. The zero-order valence-electron chi connectivity index (χ0n) is 54.3. The summed E-state index contributed by atoms with van der Waals surface area (Å²) in [5, 5.41) is 89.2. The lowest BCUT2D eigenvalue weighted by Gasteiger charge is -2.52. The van der Waals surface area contributed by atoms with Crippen molar-refractivity contribution in [2.75, 3.05) is 18.5 Å². The zero-order chi connectivity index (χ0) is 63.9. The van der Waals surface area contributed by atoms with Gasteiger partial charge in [-0.05, 0) is 384 Å². The second kappa shape index (κ2) is 11.9. The van der Waals surface area contributed by atoms with Crippen molar-refractivity contribution in [3.63, 3.8) is 0 Å². The van der Waals surface area contributed by atoms with Crippen LogP contribution in [0, 0.1) is 0 Å². The Balaban J connectivity index is 0.619. The normalized spacial score (nSPS) is 19.9. The predicted octanol–water partition coefficient (Wildman–Crippen LogP) is 26.5. The number of benzene rings is 24. The third kappa shape index (κ3) is 3.13. The summed E-state index contributed by atoms with van der Waals surface area (Å²) in [7, 11) is 2.59. The molecule has 1 aliphatic heterocycles. The van der Waals surface area contributed by atoms with Gasteiger partial charge in [-0.1, -0.05) is 109 Å². The Morgan fingerprint density at radius 2 is 0.510 bits per heavy atom. The van der Waals surface area contributed by atoms with E-state index < -0.39 is 5.41 Å². The molecular weight excluding hydrogens is 1280 g/mol. The van der Waals surface area contributed by atoms with Crippen molar-refractivity contribution >= 4 is 331 Å². The average Bonchev–Trinajstić information content (AvgIpc) is 1.38. The molecule has 1 unspecified atom stereocenters. The standard InChI is InChI=1S/C99H30N4S/c1-102-26-98-91-83-75-65-55-47-39-37-38-41-45-43(39)51-59-53(45)63-57-49(41)50-42(38)46-44-40(37)48(47)56-62-52(44)60-54(46)64-58(50)68-67(57)79-73(63)81-71(59)77(69(75)61(51)55)85(91)87(81)93-89(79)90-80(68)74(64)82-72(60)78-70(62)76(66(56)65)84(83)92(98)86(78)88(82)94(90)99(93,98)97(102)31-18-16-30(17-19-31)36-25-24-35(95-96(36)101-104-100-95)29-14-12-27(13-15-29)28-20-22-34(23-21-28)103(32-8-4-2-5-9-32)33-10-6-3-7-11-33/h2-25,97H,26H2,1H3. The molecule has 5 aliphatic rings. The number of para-hydroxylation sites is 2. The van der Waals surface area contributed by atoms with Gasteiger partial charge in [0.2, 0.25) is 0 Å². The van der Waals surface area contributed by atoms with Gasteiger partial charge in [0.25, 0.3) is 0 Å². The van der Waals surface area contributed by atoms with E-state index in [0.29, 0.717) is 0 Å². The van der Waals surface area contributed by atoms with E-state index in [2.05, 4.69) is 162 Å². The minimum absolute atomic E-state index is 0.0508. The fourth-order valence-corrected chi connectivity index (χ4v) is 31.6. The number of aromatic nitrogens is 2. The molecule has 0 N–H and O–H groups in total. The van der Waals surface area contributed by atoms with E-state index in [0.717, 1.165) is 51.3 Å². The topological polar surface area (TPSA) is 32.3 Å². The van der Waals surface area contributed by atoms with Gasteiger partial charge in [0, 0.05) is 40.8 Å². The summed E-state index contributed by atoms with van der Waals surface area (Å²) in [6.07, 6.45) is 0. The van der Waals surface area contributed by atoms with Crippen molar-refractivity contribution in [1.82, 2.24) is 13.6 Å². The van der Waals surface area contributed by atoms with Gasteiger partial charge in [0.1, 0.15) is 11.0 Å². The van der Waals surface area contributed by atoms with Crippen molar-refractivity contribution in [3.8, 4) is 33.4 Å². The molecule has 35 aromatic rings. The Kier molecular flexibility index (Phi) is 5.10. The average molecular weight is 1310 g/mol. The van der Waals surface area contributed by atoms with E-state index >= 15 is 0 Å². The van der Waals surface area contributed by atoms with Crippen LogP contribution in [0.5, 0.6) is 0 Å². The van der Waals surface area contributed by atoms with Crippen LogP contribution in [0.25, 0.3) is 335 Å². The first-order chi connectivity index (χ1) is 51.7. The summed E-state index contributed by atoms with van der Waals surface area (Å²) < 4.78 is 10.3. The maximum Gasteiger partial charge on any atom is 0.113 e. The molecule has 0 radical (unpaired) electrons. The Hall–Kier alpha value is -12.6. The van der Waals surface area contributed by atoms with E-state index in [-0.39, 0.29) is 11.5 Å². The van der Waals surface area contributed by atoms with Gasteiger partial charge in [-0.15, -0.1) is 0 Å². The Morgan fingerprint density at radius 3 is 0.808 bits per heavy atom. The fraction of sp³-hybridized carbons (Fsp3) is 0.0505. The predicted molar refractivity (Wildman–Crippen MR) is 438 cm³/mol. The van der Waals surface area contributed by atoms with E-state index in [9.17, 15) is 0 Å². The third-order valence-electron chi connectivity index (χ3n) is 32.5. The first-order valence-corrected chi connectivity index (χ1v) is 38.4. The number of rotatable bonds is 7. The van der Waals surface area contributed by atoms with E-state index in [4.69, 9.17) is 8.75 Å². The Labute approximate surface area is 582 Å². The molecule has 1 aromatic heterocycles. The molecule has 34 aromatic carbocycles. The van der Waals surface area contributed by atoms with Crippen molar-refractivity contribution in [2.45, 2.75) is 16.9 Å². The molecule has 0 amide bonds. The molecule has 2 heterocycles. The number of anilines is 3. The van der Waals surface area contributed by atoms with E-state index in [1.807, 2.05) is 0 Å². The van der Waals surface area contributed by atoms with Gasteiger partial charge in [-0.25, -0.2) is 0 Å². The van der Waals surface area contributed by atoms with Crippen molar-refractivity contribution in [3.05, 3.63) is 173 Å². The van der Waals surface area contributed by atoms with Crippen LogP contribution in [0.4, 0.5) is 17.1 Å². The maximum absolute atomic E-state index is 5.18. The summed E-state index contributed by atoms with van der Waals surface area (Å²) in [5.74, 6) is 0. The van der Waals surface area contributed by atoms with Crippen LogP contribution in [0.15, 0.2) is 146 Å². The fourth-order valence-electron chi connectivity index (χ4n) is 31.0. The van der Waals surface area contributed by atoms with Crippen LogP contribution in [0.1, 0.15) is 33.9 Å². The number of nitrogens with zero attached hydrogens (tertiary/aromatic N) is 4. The number of hydrogen-bond acceptors (Lipinski definition) is 5. The quantitative estimate of drug-likeness (QED) is 0.149. The van der Waals surface area contributed by atoms with Crippen LogP contribution in [0.3, 0.4) is 0 Å². The van der Waals surface area contributed by atoms with Gasteiger partial charge in [-0.3, -0.25) is 4.90 Å². The molecule has 1 saturated heterocycles. The number of likely N-dealkylation sites (tertiary alicyclic amines) is 1. The lowest BCUT2D eigenvalue weighted by Crippen LogP contribution is -2.51. The van der Waals surface area contributed by atoms with Crippen molar-refractivity contribution < 1.29 is 0 Å². The Morgan fingerprint density at radius 1 is 0.269 bits per heavy atom. The zero-order valence-corrected chi connectivity index (χ0v) is 55.2. The minimum Gasteiger partial charge on any atom is -0.311 e. The lowest BCUT2D eigenvalue weighted by molar-refractivity contribution is 0.271. The third-order valence-corrected chi connectivity index (χ3v) is 33.1. The number of hydrogen-bond donors (Lipinski definition) is 0. The number of likely N-dealkylation sites (N-methyl/N-ethyl adjacent to an activating group) is 1. The van der Waals surface area contributed by atoms with Crippen molar-refractivity contribution in [1.29, 1.82) is 0 Å². The summed E-state index contributed by atoms with van der Waals surface area (Å²) in [5.41, 5.74) is 19.9. The molecule has 1 atom stereocenters.